The summed E-state index contributed by atoms with van der Waals surface area (Å²) in [6.45, 7) is 9.36. The Kier molecular flexibility index (Phi) is 7.59. The summed E-state index contributed by atoms with van der Waals surface area (Å²) in [5, 5.41) is 7.42. The van der Waals surface area contributed by atoms with E-state index in [2.05, 4.69) is 20.6 Å². The third-order valence-electron chi connectivity index (χ3n) is 3.60. The van der Waals surface area contributed by atoms with E-state index >= 15 is 0 Å². The highest BCUT2D eigenvalue weighted by molar-refractivity contribution is 7.13. The Bertz CT molecular complexity index is 743. The van der Waals surface area contributed by atoms with Gasteiger partial charge in [0, 0.05) is 6.54 Å². The Balaban J connectivity index is 2.08. The summed E-state index contributed by atoms with van der Waals surface area (Å²) in [5.74, 6) is 0.403. The minimum absolute atomic E-state index is 0.0737. The van der Waals surface area contributed by atoms with Crippen molar-refractivity contribution in [2.75, 3.05) is 13.2 Å². The summed E-state index contributed by atoms with van der Waals surface area (Å²) < 4.78 is 5.08. The molecule has 2 N–H and O–H groups in total. The molecular formula is C19H26N4O2S. The Morgan fingerprint density at radius 1 is 1.31 bits per heavy atom. The number of rotatable bonds is 7. The second-order valence-electron chi connectivity index (χ2n) is 5.73. The summed E-state index contributed by atoms with van der Waals surface area (Å²) in [7, 11) is 0. The molecule has 2 rings (SSSR count). The van der Waals surface area contributed by atoms with E-state index < -0.39 is 0 Å². The fraction of sp³-hybridized carbons (Fsp3) is 0.421. The highest BCUT2D eigenvalue weighted by Crippen LogP contribution is 2.24. The lowest BCUT2D eigenvalue weighted by atomic mass is 10.2. The molecule has 0 fully saturated rings. The first-order valence-electron chi connectivity index (χ1n) is 8.78. The van der Waals surface area contributed by atoms with Gasteiger partial charge in [-0.1, -0.05) is 30.3 Å². The first-order chi connectivity index (χ1) is 12.5. The summed E-state index contributed by atoms with van der Waals surface area (Å²) in [5.41, 5.74) is 1.84. The van der Waals surface area contributed by atoms with Crippen LogP contribution < -0.4 is 10.6 Å². The lowest BCUT2D eigenvalue weighted by molar-refractivity contribution is 0.0531. The van der Waals surface area contributed by atoms with E-state index in [4.69, 9.17) is 4.74 Å². The molecule has 0 amide bonds. The van der Waals surface area contributed by atoms with Crippen molar-refractivity contribution in [3.8, 4) is 0 Å². The first kappa shape index (κ1) is 19.9. The maximum atomic E-state index is 12.0. The zero-order valence-electron chi connectivity index (χ0n) is 15.7. The molecule has 0 aliphatic heterocycles. The lowest BCUT2D eigenvalue weighted by Crippen LogP contribution is -2.38. The van der Waals surface area contributed by atoms with Crippen LogP contribution in [-0.4, -0.2) is 30.1 Å². The number of nitrogens with zero attached hydrogens (tertiary/aromatic N) is 2. The number of aryl methyl sites for hydroxylation is 1. The van der Waals surface area contributed by atoms with Gasteiger partial charge in [-0.15, -0.1) is 11.3 Å². The second kappa shape index (κ2) is 9.91. The molecule has 140 valence electrons. The van der Waals surface area contributed by atoms with Crippen molar-refractivity contribution < 1.29 is 9.53 Å². The standard InChI is InChI=1S/C19H26N4O2S/c1-5-20-19(21-12-15-10-8-7-9-11-15)23-14(4)17-22-13(3)16(26-17)18(24)25-6-2/h7-11,14H,5-6,12H2,1-4H3,(H2,20,21,23). The molecule has 1 aromatic heterocycles. The van der Waals surface area contributed by atoms with Crippen LogP contribution in [0.1, 0.15) is 52.7 Å². The van der Waals surface area contributed by atoms with Crippen LogP contribution in [0.25, 0.3) is 0 Å². The monoisotopic (exact) mass is 374 g/mol. The predicted octanol–water partition coefficient (Wildman–Crippen LogP) is 3.44. The van der Waals surface area contributed by atoms with E-state index in [0.717, 1.165) is 23.1 Å². The average molecular weight is 375 g/mol. The zero-order valence-corrected chi connectivity index (χ0v) is 16.5. The van der Waals surface area contributed by atoms with Gasteiger partial charge >= 0.3 is 5.97 Å². The molecule has 1 unspecified atom stereocenters. The number of nitrogens with one attached hydrogen (secondary N) is 2. The largest absolute Gasteiger partial charge is 0.462 e. The SMILES string of the molecule is CCNC(=NCc1ccccc1)NC(C)c1nc(C)c(C(=O)OCC)s1. The molecule has 1 aromatic carbocycles. The predicted molar refractivity (Wildman–Crippen MR) is 106 cm³/mol. The number of benzene rings is 1. The topological polar surface area (TPSA) is 75.6 Å². The molecule has 6 nitrogen and oxygen atoms in total. The quantitative estimate of drug-likeness (QED) is 0.441. The van der Waals surface area contributed by atoms with Gasteiger partial charge in [-0.3, -0.25) is 0 Å². The normalized spacial score (nSPS) is 12.5. The van der Waals surface area contributed by atoms with E-state index in [0.29, 0.717) is 23.7 Å². The Hall–Kier alpha value is -2.41. The number of ether oxygens (including phenoxy) is 1. The van der Waals surface area contributed by atoms with Crippen LogP contribution in [-0.2, 0) is 11.3 Å². The van der Waals surface area contributed by atoms with E-state index in [1.807, 2.05) is 51.1 Å². The molecule has 0 radical (unpaired) electrons. The number of carbonyl (C=O) groups is 1. The third-order valence-corrected chi connectivity index (χ3v) is 4.92. The van der Waals surface area contributed by atoms with Crippen molar-refractivity contribution in [3.63, 3.8) is 0 Å². The molecular weight excluding hydrogens is 348 g/mol. The molecule has 26 heavy (non-hydrogen) atoms. The highest BCUT2D eigenvalue weighted by Gasteiger charge is 2.20. The maximum Gasteiger partial charge on any atom is 0.350 e. The number of guanidine groups is 1. The van der Waals surface area contributed by atoms with Crippen molar-refractivity contribution >= 4 is 23.3 Å². The van der Waals surface area contributed by atoms with E-state index in [-0.39, 0.29) is 12.0 Å². The van der Waals surface area contributed by atoms with Gasteiger partial charge in [-0.05, 0) is 33.3 Å². The summed E-state index contributed by atoms with van der Waals surface area (Å²) in [6.07, 6.45) is 0. The molecule has 0 bridgehead atoms. The van der Waals surface area contributed by atoms with Gasteiger partial charge in [-0.25, -0.2) is 14.8 Å². The minimum atomic E-state index is -0.314. The number of aliphatic imine (C=N–C) groups is 1. The van der Waals surface area contributed by atoms with Crippen molar-refractivity contribution in [2.45, 2.75) is 40.3 Å². The van der Waals surface area contributed by atoms with Crippen molar-refractivity contribution in [1.29, 1.82) is 0 Å². The van der Waals surface area contributed by atoms with Crippen LogP contribution >= 0.6 is 11.3 Å². The van der Waals surface area contributed by atoms with Crippen molar-refractivity contribution in [3.05, 3.63) is 51.5 Å². The third kappa shape index (κ3) is 5.56. The first-order valence-corrected chi connectivity index (χ1v) is 9.60. The fourth-order valence-electron chi connectivity index (χ4n) is 2.33. The van der Waals surface area contributed by atoms with Crippen LogP contribution in [0.4, 0.5) is 0 Å². The van der Waals surface area contributed by atoms with Crippen LogP contribution in [0.15, 0.2) is 35.3 Å². The summed E-state index contributed by atoms with van der Waals surface area (Å²) in [6, 6.07) is 10.0. The molecule has 0 spiro atoms. The van der Waals surface area contributed by atoms with Crippen molar-refractivity contribution in [1.82, 2.24) is 15.6 Å². The van der Waals surface area contributed by atoms with Gasteiger partial charge in [0.1, 0.15) is 9.88 Å². The molecule has 0 aliphatic carbocycles. The molecule has 7 heteroatoms. The second-order valence-corrected chi connectivity index (χ2v) is 6.76. The Morgan fingerprint density at radius 3 is 2.69 bits per heavy atom. The molecule has 2 aromatic rings. The lowest BCUT2D eigenvalue weighted by Gasteiger charge is -2.16. The number of aromatic nitrogens is 1. The van der Waals surface area contributed by atoms with Gasteiger partial charge < -0.3 is 15.4 Å². The molecule has 0 saturated heterocycles. The number of hydrogen-bond acceptors (Lipinski definition) is 5. The van der Waals surface area contributed by atoms with Crippen molar-refractivity contribution in [2.24, 2.45) is 4.99 Å². The number of thiazole rings is 1. The minimum Gasteiger partial charge on any atom is -0.462 e. The van der Waals surface area contributed by atoms with Crippen LogP contribution in [0.2, 0.25) is 0 Å². The smallest absolute Gasteiger partial charge is 0.350 e. The van der Waals surface area contributed by atoms with Crippen LogP contribution in [0.5, 0.6) is 0 Å². The molecule has 0 aliphatic rings. The molecule has 0 saturated carbocycles. The Labute approximate surface area is 158 Å². The van der Waals surface area contributed by atoms with E-state index in [9.17, 15) is 4.79 Å². The number of carbonyl (C=O) groups excluding carboxylic acids is 1. The average Bonchev–Trinajstić information content (AvgIpc) is 3.03. The van der Waals surface area contributed by atoms with Crippen LogP contribution in [0, 0.1) is 6.92 Å². The van der Waals surface area contributed by atoms with Crippen LogP contribution in [0.3, 0.4) is 0 Å². The number of esters is 1. The van der Waals surface area contributed by atoms with E-state index in [1.54, 1.807) is 6.92 Å². The highest BCUT2D eigenvalue weighted by atomic mass is 32.1. The fourth-order valence-corrected chi connectivity index (χ4v) is 3.29. The maximum absolute atomic E-state index is 12.0. The molecule has 1 atom stereocenters. The van der Waals surface area contributed by atoms with Gasteiger partial charge in [0.15, 0.2) is 5.96 Å². The summed E-state index contributed by atoms with van der Waals surface area (Å²) in [4.78, 5) is 21.7. The summed E-state index contributed by atoms with van der Waals surface area (Å²) >= 11 is 1.36. The zero-order chi connectivity index (χ0) is 18.9. The van der Waals surface area contributed by atoms with Gasteiger partial charge in [0.2, 0.25) is 0 Å². The van der Waals surface area contributed by atoms with E-state index in [1.165, 1.54) is 11.3 Å². The molecule has 1 heterocycles. The van der Waals surface area contributed by atoms with Gasteiger partial charge in [-0.2, -0.15) is 0 Å². The van der Waals surface area contributed by atoms with Gasteiger partial charge in [0.05, 0.1) is 24.9 Å². The van der Waals surface area contributed by atoms with Gasteiger partial charge in [0.25, 0.3) is 0 Å². The Morgan fingerprint density at radius 2 is 2.04 bits per heavy atom. The number of hydrogen-bond donors (Lipinski definition) is 2.